The maximum absolute atomic E-state index is 11.0. The number of hydrogen-bond acceptors (Lipinski definition) is 6. The summed E-state index contributed by atoms with van der Waals surface area (Å²) >= 11 is 5.24. The zero-order valence-electron chi connectivity index (χ0n) is 8.28. The van der Waals surface area contributed by atoms with Crippen LogP contribution in [0.5, 0.6) is 0 Å². The van der Waals surface area contributed by atoms with Crippen molar-refractivity contribution in [2.75, 3.05) is 12.5 Å². The first-order valence-electron chi connectivity index (χ1n) is 4.67. The summed E-state index contributed by atoms with van der Waals surface area (Å²) in [6, 6.07) is 0. The normalized spacial score (nSPS) is 39.4. The summed E-state index contributed by atoms with van der Waals surface area (Å²) in [4.78, 5) is 11.0. The molecule has 16 heavy (non-hydrogen) atoms. The molecule has 1 aliphatic rings. The van der Waals surface area contributed by atoms with Gasteiger partial charge in [-0.2, -0.15) is 0 Å². The lowest BCUT2D eigenvalue weighted by Gasteiger charge is -2.39. The van der Waals surface area contributed by atoms with Gasteiger partial charge < -0.3 is 30.5 Å². The van der Waals surface area contributed by atoms with Gasteiger partial charge in [-0.15, -0.1) is 11.6 Å². The predicted octanol–water partition coefficient (Wildman–Crippen LogP) is -2.86. The van der Waals surface area contributed by atoms with Crippen LogP contribution < -0.4 is 5.32 Å². The van der Waals surface area contributed by atoms with Crippen LogP contribution in [-0.4, -0.2) is 69.5 Å². The minimum absolute atomic E-state index is 0.324. The van der Waals surface area contributed by atoms with Gasteiger partial charge in [0, 0.05) is 0 Å². The molecule has 0 radical (unpaired) electrons. The molecule has 1 amide bonds. The topological polar surface area (TPSA) is 119 Å². The van der Waals surface area contributed by atoms with Crippen molar-refractivity contribution in [1.82, 2.24) is 5.32 Å². The van der Waals surface area contributed by atoms with Crippen molar-refractivity contribution >= 4 is 17.5 Å². The van der Waals surface area contributed by atoms with Crippen LogP contribution in [0.25, 0.3) is 0 Å². The highest BCUT2D eigenvalue weighted by atomic mass is 35.5. The lowest BCUT2D eigenvalue weighted by molar-refractivity contribution is -0.235. The molecular weight excluding hydrogens is 242 g/mol. The predicted molar refractivity (Wildman–Crippen MR) is 52.6 cm³/mol. The molecule has 0 aromatic carbocycles. The Kier molecular flexibility index (Phi) is 4.90. The first kappa shape index (κ1) is 13.6. The summed E-state index contributed by atoms with van der Waals surface area (Å²) in [5.41, 5.74) is 0. The molecule has 1 heterocycles. The van der Waals surface area contributed by atoms with Crippen molar-refractivity contribution in [3.05, 3.63) is 0 Å². The van der Waals surface area contributed by atoms with Gasteiger partial charge in [0.15, 0.2) is 6.23 Å². The third-order valence-electron chi connectivity index (χ3n) is 2.32. The fourth-order valence-corrected chi connectivity index (χ4v) is 1.50. The molecule has 0 aromatic heterocycles. The van der Waals surface area contributed by atoms with E-state index in [0.29, 0.717) is 0 Å². The third kappa shape index (κ3) is 2.82. The van der Waals surface area contributed by atoms with Crippen LogP contribution in [0.2, 0.25) is 0 Å². The van der Waals surface area contributed by atoms with E-state index in [1.54, 1.807) is 0 Å². The van der Waals surface area contributed by atoms with E-state index < -0.39 is 43.2 Å². The number of alkyl halides is 1. The van der Waals surface area contributed by atoms with E-state index in [4.69, 9.17) is 21.4 Å². The number of carbonyl (C=O) groups is 1. The van der Waals surface area contributed by atoms with Gasteiger partial charge >= 0.3 is 0 Å². The van der Waals surface area contributed by atoms with Gasteiger partial charge in [-0.05, 0) is 0 Å². The zero-order chi connectivity index (χ0) is 12.3. The highest BCUT2D eigenvalue weighted by Crippen LogP contribution is 2.19. The molecule has 0 aliphatic carbocycles. The Balaban J connectivity index is 2.67. The molecule has 0 unspecified atom stereocenters. The smallest absolute Gasteiger partial charge is 0.236 e. The fraction of sp³-hybridized carbons (Fsp3) is 0.875. The molecule has 1 rings (SSSR count). The summed E-state index contributed by atoms with van der Waals surface area (Å²) < 4.78 is 5.00. The second-order valence-corrected chi connectivity index (χ2v) is 3.72. The fourth-order valence-electron chi connectivity index (χ4n) is 1.42. The van der Waals surface area contributed by atoms with E-state index in [0.717, 1.165) is 0 Å². The Bertz CT molecular complexity index is 251. The summed E-state index contributed by atoms with van der Waals surface area (Å²) in [7, 11) is 0. The molecule has 7 nitrogen and oxygen atoms in total. The number of amides is 1. The van der Waals surface area contributed by atoms with Crippen molar-refractivity contribution in [3.8, 4) is 0 Å². The summed E-state index contributed by atoms with van der Waals surface area (Å²) in [5, 5.41) is 39.4. The van der Waals surface area contributed by atoms with Crippen molar-refractivity contribution in [2.24, 2.45) is 0 Å². The second-order valence-electron chi connectivity index (χ2n) is 3.45. The number of rotatable bonds is 3. The van der Waals surface area contributed by atoms with E-state index in [9.17, 15) is 20.1 Å². The Hall–Kier alpha value is -0.440. The molecular formula is C8H14ClNO6. The van der Waals surface area contributed by atoms with E-state index in [2.05, 4.69) is 5.32 Å². The molecule has 0 saturated carbocycles. The average Bonchev–Trinajstić information content (AvgIpc) is 2.29. The molecule has 5 N–H and O–H groups in total. The van der Waals surface area contributed by atoms with Crippen LogP contribution in [0.1, 0.15) is 0 Å². The summed E-state index contributed by atoms with van der Waals surface area (Å²) in [6.07, 6.45) is -6.68. The first-order valence-corrected chi connectivity index (χ1v) is 5.20. The number of hydrogen-bond donors (Lipinski definition) is 5. The average molecular weight is 256 g/mol. The largest absolute Gasteiger partial charge is 0.394 e. The standard InChI is InChI=1S/C8H14ClNO6/c9-1-4(12)10-8-7(15)6(14)5(13)3(2-11)16-8/h3,5-8,11,13-15H,1-2H2,(H,10,12)/t3-,5-,6+,7-,8-/m0/s1. The van der Waals surface area contributed by atoms with Crippen LogP contribution in [0.3, 0.4) is 0 Å². The number of aliphatic hydroxyl groups excluding tert-OH is 4. The van der Waals surface area contributed by atoms with Gasteiger partial charge in [0.25, 0.3) is 0 Å². The Morgan fingerprint density at radius 1 is 1.25 bits per heavy atom. The maximum Gasteiger partial charge on any atom is 0.236 e. The number of ether oxygens (including phenoxy) is 1. The minimum Gasteiger partial charge on any atom is -0.394 e. The van der Waals surface area contributed by atoms with Gasteiger partial charge in [0.1, 0.15) is 30.3 Å². The number of nitrogens with one attached hydrogen (secondary N) is 1. The summed E-state index contributed by atoms with van der Waals surface area (Å²) in [5.74, 6) is -0.916. The Morgan fingerprint density at radius 2 is 1.88 bits per heavy atom. The monoisotopic (exact) mass is 255 g/mol. The van der Waals surface area contributed by atoms with Crippen molar-refractivity contribution in [1.29, 1.82) is 0 Å². The SMILES string of the molecule is O=C(CCl)N[C@H]1O[C@@H](CO)[C@H](O)[C@@H](O)[C@@H]1O. The third-order valence-corrected chi connectivity index (χ3v) is 2.56. The first-order chi connectivity index (χ1) is 7.51. The molecule has 5 atom stereocenters. The van der Waals surface area contributed by atoms with E-state index in [1.807, 2.05) is 0 Å². The minimum atomic E-state index is -1.51. The van der Waals surface area contributed by atoms with Crippen LogP contribution >= 0.6 is 11.6 Å². The van der Waals surface area contributed by atoms with E-state index >= 15 is 0 Å². The number of halogens is 1. The highest BCUT2D eigenvalue weighted by molar-refractivity contribution is 6.27. The van der Waals surface area contributed by atoms with E-state index in [1.165, 1.54) is 0 Å². The highest BCUT2D eigenvalue weighted by Gasteiger charge is 2.43. The molecule has 1 fully saturated rings. The van der Waals surface area contributed by atoms with Gasteiger partial charge in [-0.1, -0.05) is 0 Å². The van der Waals surface area contributed by atoms with Crippen LogP contribution in [0.15, 0.2) is 0 Å². The van der Waals surface area contributed by atoms with Crippen LogP contribution in [0.4, 0.5) is 0 Å². The molecule has 0 aromatic rings. The Labute approximate surface area is 96.6 Å². The lowest BCUT2D eigenvalue weighted by atomic mass is 9.98. The second kappa shape index (κ2) is 5.76. The molecule has 0 bridgehead atoms. The maximum atomic E-state index is 11.0. The Morgan fingerprint density at radius 3 is 2.38 bits per heavy atom. The van der Waals surface area contributed by atoms with Gasteiger partial charge in [0.05, 0.1) is 6.61 Å². The van der Waals surface area contributed by atoms with Crippen LogP contribution in [0, 0.1) is 0 Å². The number of aliphatic hydroxyl groups is 4. The van der Waals surface area contributed by atoms with Gasteiger partial charge in [0.2, 0.25) is 5.91 Å². The van der Waals surface area contributed by atoms with Crippen molar-refractivity contribution in [2.45, 2.75) is 30.6 Å². The van der Waals surface area contributed by atoms with Crippen molar-refractivity contribution < 1.29 is 30.0 Å². The number of carbonyl (C=O) groups excluding carboxylic acids is 1. The molecule has 1 saturated heterocycles. The molecule has 94 valence electrons. The zero-order valence-corrected chi connectivity index (χ0v) is 9.04. The van der Waals surface area contributed by atoms with Gasteiger partial charge in [-0.3, -0.25) is 4.79 Å². The molecule has 8 heteroatoms. The summed E-state index contributed by atoms with van der Waals surface area (Å²) in [6.45, 7) is -0.543. The van der Waals surface area contributed by atoms with Crippen molar-refractivity contribution in [3.63, 3.8) is 0 Å². The lowest BCUT2D eigenvalue weighted by Crippen LogP contribution is -2.63. The van der Waals surface area contributed by atoms with Gasteiger partial charge in [-0.25, -0.2) is 0 Å². The van der Waals surface area contributed by atoms with E-state index in [-0.39, 0.29) is 5.88 Å². The molecule has 0 spiro atoms. The van der Waals surface area contributed by atoms with Crippen LogP contribution in [-0.2, 0) is 9.53 Å². The molecule has 1 aliphatic heterocycles. The quantitative estimate of drug-likeness (QED) is 0.346.